The summed E-state index contributed by atoms with van der Waals surface area (Å²) in [6, 6.07) is 0. The largest absolute Gasteiger partial charge is 0.465 e. The summed E-state index contributed by atoms with van der Waals surface area (Å²) in [5.74, 6) is -0.647. The van der Waals surface area contributed by atoms with E-state index in [2.05, 4.69) is 10.1 Å². The molecule has 0 spiro atoms. The van der Waals surface area contributed by atoms with E-state index in [0.717, 1.165) is 0 Å². The third-order valence-corrected chi connectivity index (χ3v) is 2.28. The first-order valence-corrected chi connectivity index (χ1v) is 5.33. The summed E-state index contributed by atoms with van der Waals surface area (Å²) in [7, 11) is 2.60. The van der Waals surface area contributed by atoms with Crippen molar-refractivity contribution in [1.82, 2.24) is 5.32 Å². The van der Waals surface area contributed by atoms with Gasteiger partial charge in [-0.25, -0.2) is 4.79 Å². The number of thioether (sulfide) groups is 1. The molecule has 0 fully saturated rings. The van der Waals surface area contributed by atoms with Crippen LogP contribution in [0.4, 0.5) is 0 Å². The van der Waals surface area contributed by atoms with Crippen LogP contribution in [-0.2, 0) is 19.1 Å². The summed E-state index contributed by atoms with van der Waals surface area (Å²) in [5.41, 5.74) is -1.38. The average Bonchev–Trinajstić information content (AvgIpc) is 2.15. The van der Waals surface area contributed by atoms with Gasteiger partial charge in [0.2, 0.25) is 11.6 Å². The van der Waals surface area contributed by atoms with Gasteiger partial charge in [0.05, 0.1) is 12.9 Å². The van der Waals surface area contributed by atoms with Gasteiger partial charge in [-0.2, -0.15) is 11.8 Å². The zero-order chi connectivity index (χ0) is 11.2. The molecule has 0 saturated heterocycles. The molecule has 0 saturated carbocycles. The van der Waals surface area contributed by atoms with Gasteiger partial charge in [0.25, 0.3) is 0 Å². The summed E-state index contributed by atoms with van der Waals surface area (Å²) in [4.78, 5) is 22.3. The van der Waals surface area contributed by atoms with E-state index < -0.39 is 11.7 Å². The number of hydrogen-bond acceptors (Lipinski definition) is 5. The van der Waals surface area contributed by atoms with Crippen LogP contribution in [-0.4, -0.2) is 43.8 Å². The summed E-state index contributed by atoms with van der Waals surface area (Å²) >= 11 is 1.38. The van der Waals surface area contributed by atoms with Crippen LogP contribution in [0.15, 0.2) is 0 Å². The number of methoxy groups -OCH3 is 2. The second-order valence-electron chi connectivity index (χ2n) is 2.64. The molecule has 0 rings (SSSR count). The first-order valence-electron chi connectivity index (χ1n) is 3.93. The number of carbonyl (C=O) groups is 2. The van der Waals surface area contributed by atoms with Crippen molar-refractivity contribution >= 4 is 23.6 Å². The molecule has 1 atom stereocenters. The number of esters is 1. The molecular formula is C8H15NO4S. The van der Waals surface area contributed by atoms with E-state index in [1.807, 2.05) is 0 Å². The number of rotatable bonds is 5. The highest BCUT2D eigenvalue weighted by Gasteiger charge is 2.40. The van der Waals surface area contributed by atoms with Crippen molar-refractivity contribution in [3.63, 3.8) is 0 Å². The maximum atomic E-state index is 11.4. The van der Waals surface area contributed by atoms with Crippen molar-refractivity contribution in [3.05, 3.63) is 0 Å². The van der Waals surface area contributed by atoms with Crippen molar-refractivity contribution in [2.24, 2.45) is 0 Å². The fraction of sp³-hybridized carbons (Fsp3) is 0.750. The highest BCUT2D eigenvalue weighted by molar-refractivity contribution is 7.98. The van der Waals surface area contributed by atoms with E-state index in [-0.39, 0.29) is 5.91 Å². The molecule has 0 radical (unpaired) electrons. The van der Waals surface area contributed by atoms with Crippen LogP contribution in [0, 0.1) is 0 Å². The molecule has 14 heavy (non-hydrogen) atoms. The van der Waals surface area contributed by atoms with Crippen molar-refractivity contribution in [2.75, 3.05) is 26.2 Å². The molecule has 0 aromatic carbocycles. The Labute approximate surface area is 87.5 Å². The van der Waals surface area contributed by atoms with Crippen molar-refractivity contribution in [1.29, 1.82) is 0 Å². The molecular weight excluding hydrogens is 206 g/mol. The lowest BCUT2D eigenvalue weighted by Gasteiger charge is -2.28. The number of carbonyl (C=O) groups excluding carboxylic acids is 2. The van der Waals surface area contributed by atoms with Gasteiger partial charge in [0, 0.05) is 14.0 Å². The molecule has 0 bridgehead atoms. The average molecular weight is 221 g/mol. The molecule has 0 aliphatic rings. The molecule has 5 nitrogen and oxygen atoms in total. The Kier molecular flexibility index (Phi) is 5.56. The highest BCUT2D eigenvalue weighted by Crippen LogP contribution is 2.14. The standard InChI is InChI=1S/C8H15NO4S/c1-6(10)9-8(13-3,5-14-4)7(11)12-2/h5H2,1-4H3,(H,9,10). The second kappa shape index (κ2) is 5.87. The number of amides is 1. The first kappa shape index (κ1) is 13.2. The SMILES string of the molecule is COC(=O)C(CSC)(NC(C)=O)OC. The van der Waals surface area contributed by atoms with Crippen LogP contribution in [0.3, 0.4) is 0 Å². The molecule has 1 amide bonds. The van der Waals surface area contributed by atoms with Crippen molar-refractivity contribution < 1.29 is 19.1 Å². The van der Waals surface area contributed by atoms with Crippen LogP contribution in [0.25, 0.3) is 0 Å². The zero-order valence-corrected chi connectivity index (χ0v) is 9.56. The molecule has 0 aliphatic heterocycles. The molecule has 1 N–H and O–H groups in total. The van der Waals surface area contributed by atoms with Crippen LogP contribution in [0.2, 0.25) is 0 Å². The summed E-state index contributed by atoms with van der Waals surface area (Å²) in [6.45, 7) is 1.32. The molecule has 82 valence electrons. The Balaban J connectivity index is 4.76. The monoisotopic (exact) mass is 221 g/mol. The molecule has 0 heterocycles. The third-order valence-electron chi connectivity index (χ3n) is 1.59. The minimum atomic E-state index is -1.38. The Bertz CT molecular complexity index is 221. The van der Waals surface area contributed by atoms with Crippen LogP contribution in [0.5, 0.6) is 0 Å². The van der Waals surface area contributed by atoms with E-state index in [1.54, 1.807) is 6.26 Å². The quantitative estimate of drug-likeness (QED) is 0.523. The minimum absolute atomic E-state index is 0.301. The summed E-state index contributed by atoms with van der Waals surface area (Å²) in [5, 5.41) is 2.44. The lowest BCUT2D eigenvalue weighted by Crippen LogP contribution is -2.58. The summed E-state index contributed by atoms with van der Waals surface area (Å²) in [6.07, 6.45) is 1.80. The topological polar surface area (TPSA) is 64.6 Å². The predicted molar refractivity (Wildman–Crippen MR) is 54.0 cm³/mol. The van der Waals surface area contributed by atoms with Crippen LogP contribution >= 0.6 is 11.8 Å². The fourth-order valence-electron chi connectivity index (χ4n) is 0.992. The van der Waals surface area contributed by atoms with Gasteiger partial charge in [-0.05, 0) is 6.26 Å². The van der Waals surface area contributed by atoms with Crippen molar-refractivity contribution in [3.8, 4) is 0 Å². The van der Waals surface area contributed by atoms with E-state index in [4.69, 9.17) is 4.74 Å². The van der Waals surface area contributed by atoms with Gasteiger partial charge in [-0.1, -0.05) is 0 Å². The van der Waals surface area contributed by atoms with Crippen molar-refractivity contribution in [2.45, 2.75) is 12.6 Å². The number of ether oxygens (including phenoxy) is 2. The Morgan fingerprint density at radius 3 is 2.29 bits per heavy atom. The highest BCUT2D eigenvalue weighted by atomic mass is 32.2. The lowest BCUT2D eigenvalue weighted by molar-refractivity contribution is -0.169. The molecule has 0 aromatic heterocycles. The molecule has 0 aliphatic carbocycles. The Hall–Kier alpha value is -0.750. The first-order chi connectivity index (χ1) is 6.52. The van der Waals surface area contributed by atoms with Crippen LogP contribution in [0.1, 0.15) is 6.92 Å². The summed E-state index contributed by atoms with van der Waals surface area (Å²) < 4.78 is 9.58. The third kappa shape index (κ3) is 3.19. The lowest BCUT2D eigenvalue weighted by atomic mass is 10.2. The second-order valence-corrected chi connectivity index (χ2v) is 3.50. The van der Waals surface area contributed by atoms with Crippen LogP contribution < -0.4 is 5.32 Å². The van der Waals surface area contributed by atoms with E-state index in [1.165, 1.54) is 32.9 Å². The fourth-order valence-corrected chi connectivity index (χ4v) is 1.71. The Morgan fingerprint density at radius 1 is 1.43 bits per heavy atom. The van der Waals surface area contributed by atoms with Gasteiger partial charge in [0.1, 0.15) is 0 Å². The predicted octanol–water partition coefficient (Wildman–Crippen LogP) is 0.00120. The van der Waals surface area contributed by atoms with Gasteiger partial charge < -0.3 is 14.8 Å². The Morgan fingerprint density at radius 2 is 2.00 bits per heavy atom. The molecule has 6 heteroatoms. The minimum Gasteiger partial charge on any atom is -0.465 e. The number of nitrogens with one attached hydrogen (secondary N) is 1. The van der Waals surface area contributed by atoms with E-state index in [9.17, 15) is 9.59 Å². The van der Waals surface area contributed by atoms with Gasteiger partial charge >= 0.3 is 5.97 Å². The van der Waals surface area contributed by atoms with Gasteiger partial charge in [-0.15, -0.1) is 0 Å². The van der Waals surface area contributed by atoms with Gasteiger partial charge in [0.15, 0.2) is 0 Å². The van der Waals surface area contributed by atoms with E-state index >= 15 is 0 Å². The maximum Gasteiger partial charge on any atom is 0.360 e. The zero-order valence-electron chi connectivity index (χ0n) is 8.75. The number of hydrogen-bond donors (Lipinski definition) is 1. The maximum absolute atomic E-state index is 11.4. The van der Waals surface area contributed by atoms with Gasteiger partial charge in [-0.3, -0.25) is 4.79 Å². The smallest absolute Gasteiger partial charge is 0.360 e. The van der Waals surface area contributed by atoms with E-state index in [0.29, 0.717) is 5.75 Å². The molecule has 0 aromatic rings. The molecule has 1 unspecified atom stereocenters. The normalized spacial score (nSPS) is 14.3.